The summed E-state index contributed by atoms with van der Waals surface area (Å²) >= 11 is 0. The molecule has 1 rings (SSSR count). The van der Waals surface area contributed by atoms with E-state index in [-0.39, 0.29) is 114 Å². The van der Waals surface area contributed by atoms with Gasteiger partial charge in [0, 0.05) is 103 Å². The third kappa shape index (κ3) is 5.45. The second-order valence-corrected chi connectivity index (χ2v) is 2.02. The summed E-state index contributed by atoms with van der Waals surface area (Å²) in [4.78, 5) is 24.0. The van der Waals surface area contributed by atoms with Crippen molar-refractivity contribution in [3.05, 3.63) is 29.6 Å². The topological polar surface area (TPSA) is 87.5 Å². The largest absolute Gasteiger partial charge is 0.477 e. The van der Waals surface area contributed by atoms with E-state index >= 15 is 0 Å². The van der Waals surface area contributed by atoms with Gasteiger partial charge in [-0.3, -0.25) is 0 Å². The van der Waals surface area contributed by atoms with Crippen molar-refractivity contribution in [3.8, 4) is 0 Å². The number of carbonyl (C=O) groups is 2. The number of carboxylic acid groups (broad SMARTS) is 2. The molecule has 0 atom stereocenters. The van der Waals surface area contributed by atoms with E-state index in [0.717, 1.165) is 0 Å². The molecule has 0 saturated carbocycles. The minimum atomic E-state index is -1.24. The molecule has 0 fully saturated rings. The molecule has 0 aromatic carbocycles. The summed E-state index contributed by atoms with van der Waals surface area (Å²) in [5.74, 6) is -2.48. The van der Waals surface area contributed by atoms with Crippen LogP contribution in [-0.4, -0.2) is 130 Å². The maximum Gasteiger partial charge on any atom is 0.354 e. The molecule has 0 amide bonds. The van der Waals surface area contributed by atoms with Crippen LogP contribution in [0.1, 0.15) is 21.0 Å². The van der Waals surface area contributed by atoms with Gasteiger partial charge in [0.05, 0.1) is 0 Å². The summed E-state index contributed by atoms with van der Waals surface area (Å²) in [5, 5.41) is 16.9. The molecule has 0 aliphatic heterocycles. The van der Waals surface area contributed by atoms with Crippen molar-refractivity contribution < 1.29 is 19.8 Å². The molecule has 1 aromatic heterocycles. The van der Waals surface area contributed by atoms with Crippen LogP contribution in [-0.2, 0) is 0 Å². The molecule has 0 saturated heterocycles. The number of nitrogens with zero attached hydrogens (tertiary/aromatic N) is 1. The van der Waals surface area contributed by atoms with Crippen molar-refractivity contribution in [1.29, 1.82) is 0 Å². The Balaban J connectivity index is 0. The number of hydrogen-bond donors (Lipinski definition) is 2. The number of aromatic nitrogens is 1. The van der Waals surface area contributed by atoms with Gasteiger partial charge in [-0.05, 0) is 12.1 Å². The minimum absolute atomic E-state index is 0. The Bertz CT molecular complexity index is 313. The maximum absolute atomic E-state index is 10.3. The first-order chi connectivity index (χ1) is 5.61. The fourth-order valence-electron chi connectivity index (χ4n) is 0.673. The summed E-state index contributed by atoms with van der Waals surface area (Å²) < 4.78 is 0. The van der Waals surface area contributed by atoms with Gasteiger partial charge < -0.3 is 10.2 Å². The SMILES string of the molecule is O=C(O)c1cccc(C(=O)O)n1.[K].[K]. The number of pyridine rings is 1. The normalized spacial score (nSPS) is 8.00. The molecular weight excluding hydrogens is 240 g/mol. The first kappa shape index (κ1) is 17.7. The molecule has 0 spiro atoms. The van der Waals surface area contributed by atoms with E-state index in [1.807, 2.05) is 0 Å². The summed E-state index contributed by atoms with van der Waals surface area (Å²) in [6.07, 6.45) is 0. The Morgan fingerprint density at radius 1 is 1.00 bits per heavy atom. The summed E-state index contributed by atoms with van der Waals surface area (Å²) in [5.41, 5.74) is -0.537. The molecule has 5 nitrogen and oxygen atoms in total. The fourth-order valence-corrected chi connectivity index (χ4v) is 0.673. The fraction of sp³-hybridized carbons (Fsp3) is 0. The van der Waals surface area contributed by atoms with Gasteiger partial charge in [-0.15, -0.1) is 0 Å². The Morgan fingerprint density at radius 3 is 1.64 bits per heavy atom. The number of carboxylic acids is 2. The van der Waals surface area contributed by atoms with Crippen molar-refractivity contribution in [2.45, 2.75) is 0 Å². The molecule has 0 bridgehead atoms. The zero-order chi connectivity index (χ0) is 9.14. The van der Waals surface area contributed by atoms with E-state index in [4.69, 9.17) is 10.2 Å². The van der Waals surface area contributed by atoms with Gasteiger partial charge in [0.25, 0.3) is 0 Å². The van der Waals surface area contributed by atoms with Crippen LogP contribution < -0.4 is 0 Å². The molecule has 2 radical (unpaired) electrons. The molecule has 1 heterocycles. The van der Waals surface area contributed by atoms with Crippen LogP contribution in [0.2, 0.25) is 0 Å². The van der Waals surface area contributed by atoms with E-state index in [2.05, 4.69) is 4.98 Å². The van der Waals surface area contributed by atoms with Crippen LogP contribution in [0.3, 0.4) is 0 Å². The molecule has 2 N–H and O–H groups in total. The van der Waals surface area contributed by atoms with Crippen LogP contribution in [0.4, 0.5) is 0 Å². The third-order valence-corrected chi connectivity index (χ3v) is 1.19. The van der Waals surface area contributed by atoms with Gasteiger partial charge in [-0.25, -0.2) is 14.6 Å². The van der Waals surface area contributed by atoms with Crippen molar-refractivity contribution in [2.75, 3.05) is 0 Å². The Labute approximate surface area is 165 Å². The van der Waals surface area contributed by atoms with Gasteiger partial charge in [0.2, 0.25) is 0 Å². The van der Waals surface area contributed by atoms with Crippen LogP contribution >= 0.6 is 0 Å². The van der Waals surface area contributed by atoms with Crippen LogP contribution in [0, 0.1) is 0 Å². The average molecular weight is 245 g/mol. The van der Waals surface area contributed by atoms with Crippen LogP contribution in [0.25, 0.3) is 0 Å². The quantitative estimate of drug-likeness (QED) is 0.699. The predicted octanol–water partition coefficient (Wildman–Crippen LogP) is -0.284. The van der Waals surface area contributed by atoms with Gasteiger partial charge in [0.15, 0.2) is 0 Å². The van der Waals surface area contributed by atoms with Crippen molar-refractivity contribution in [1.82, 2.24) is 4.98 Å². The van der Waals surface area contributed by atoms with E-state index in [9.17, 15) is 9.59 Å². The molecule has 0 aliphatic carbocycles. The van der Waals surface area contributed by atoms with E-state index in [1.165, 1.54) is 18.2 Å². The van der Waals surface area contributed by atoms with E-state index in [1.54, 1.807) is 0 Å². The van der Waals surface area contributed by atoms with Gasteiger partial charge in [-0.2, -0.15) is 0 Å². The number of aromatic carboxylic acids is 2. The monoisotopic (exact) mass is 245 g/mol. The first-order valence-corrected chi connectivity index (χ1v) is 3.05. The predicted molar refractivity (Wildman–Crippen MR) is 49.7 cm³/mol. The molecular formula is C7H5K2NO4. The van der Waals surface area contributed by atoms with Crippen molar-refractivity contribution in [2.24, 2.45) is 0 Å². The molecule has 64 valence electrons. The smallest absolute Gasteiger partial charge is 0.354 e. The Morgan fingerprint density at radius 2 is 1.36 bits per heavy atom. The Hall–Kier alpha value is 1.36. The molecule has 7 heteroatoms. The first-order valence-electron chi connectivity index (χ1n) is 3.05. The van der Waals surface area contributed by atoms with Gasteiger partial charge in [-0.1, -0.05) is 6.07 Å². The number of hydrogen-bond acceptors (Lipinski definition) is 3. The Kier molecular flexibility index (Phi) is 10.8. The second-order valence-electron chi connectivity index (χ2n) is 2.02. The van der Waals surface area contributed by atoms with Crippen molar-refractivity contribution >= 4 is 115 Å². The molecule has 0 aliphatic rings. The van der Waals surface area contributed by atoms with Crippen molar-refractivity contribution in [3.63, 3.8) is 0 Å². The molecule has 1 aromatic rings. The summed E-state index contributed by atoms with van der Waals surface area (Å²) in [6, 6.07) is 3.80. The zero-order valence-corrected chi connectivity index (χ0v) is 14.1. The van der Waals surface area contributed by atoms with E-state index in [0.29, 0.717) is 0 Å². The van der Waals surface area contributed by atoms with Crippen LogP contribution in [0.5, 0.6) is 0 Å². The minimum Gasteiger partial charge on any atom is -0.477 e. The number of rotatable bonds is 2. The second kappa shape index (κ2) is 8.51. The zero-order valence-electron chi connectivity index (χ0n) is 7.89. The molecule has 14 heavy (non-hydrogen) atoms. The van der Waals surface area contributed by atoms with Crippen LogP contribution in [0.15, 0.2) is 18.2 Å². The summed E-state index contributed by atoms with van der Waals surface area (Å²) in [6.45, 7) is 0. The van der Waals surface area contributed by atoms with Gasteiger partial charge >= 0.3 is 11.9 Å². The van der Waals surface area contributed by atoms with E-state index < -0.39 is 11.9 Å². The summed E-state index contributed by atoms with van der Waals surface area (Å²) in [7, 11) is 0. The maximum atomic E-state index is 10.3. The standard InChI is InChI=1S/C7H5NO4.2K/c9-6(10)4-2-1-3-5(8-4)7(11)12;;/h1-3H,(H,9,10)(H,11,12);;. The van der Waals surface area contributed by atoms with Gasteiger partial charge in [0.1, 0.15) is 11.4 Å². The molecule has 0 unspecified atom stereocenters. The average Bonchev–Trinajstić information content (AvgIpc) is 2.04. The third-order valence-electron chi connectivity index (χ3n) is 1.19.